The van der Waals surface area contributed by atoms with E-state index in [1.54, 1.807) is 0 Å². The van der Waals surface area contributed by atoms with Crippen LogP contribution in [0.3, 0.4) is 0 Å². The fraction of sp³-hybridized carbons (Fsp3) is 0.800. The van der Waals surface area contributed by atoms with E-state index in [9.17, 15) is 14.9 Å². The van der Waals surface area contributed by atoms with Crippen molar-refractivity contribution in [3.8, 4) is 0 Å². The Labute approximate surface area is 62.9 Å². The van der Waals surface area contributed by atoms with Gasteiger partial charge < -0.3 is 5.11 Å². The highest BCUT2D eigenvalue weighted by Gasteiger charge is 2.25. The zero-order valence-electron chi connectivity index (χ0n) is 6.18. The molecule has 0 aliphatic heterocycles. The second kappa shape index (κ2) is 3.75. The molecule has 1 N–H and O–H groups in total. The second-order valence-electron chi connectivity index (χ2n) is 2.33. The third-order valence-corrected chi connectivity index (χ3v) is 1.05. The van der Waals surface area contributed by atoms with E-state index < -0.39 is 23.1 Å². The molecule has 0 rings (SSSR count). The van der Waals surface area contributed by atoms with Crippen molar-refractivity contribution in [3.05, 3.63) is 10.1 Å². The van der Waals surface area contributed by atoms with E-state index in [0.29, 0.717) is 0 Å². The summed E-state index contributed by atoms with van der Waals surface area (Å²) in [5, 5.41) is 17.0. The van der Waals surface area contributed by atoms with Gasteiger partial charge >= 0.3 is 5.97 Å². The Bertz CT molecular complexity index is 166. The first-order chi connectivity index (χ1) is 4.95. The topological polar surface area (TPSA) is 89.7 Å². The first-order valence-corrected chi connectivity index (χ1v) is 2.99. The fourth-order valence-electron chi connectivity index (χ4n) is 0.545. The van der Waals surface area contributed by atoms with Gasteiger partial charge in [0.15, 0.2) is 0 Å². The van der Waals surface area contributed by atoms with Crippen LogP contribution in [-0.2, 0) is 9.63 Å². The van der Waals surface area contributed by atoms with Crippen LogP contribution in [0.15, 0.2) is 0 Å². The molecule has 1 unspecified atom stereocenters. The minimum absolute atomic E-state index is 0.419. The van der Waals surface area contributed by atoms with Gasteiger partial charge in [-0.25, -0.2) is 4.79 Å². The maximum atomic E-state index is 10.2. The van der Waals surface area contributed by atoms with E-state index in [1.165, 1.54) is 13.8 Å². The summed E-state index contributed by atoms with van der Waals surface area (Å²) in [6.45, 7) is 3.06. The molecule has 0 aromatic heterocycles. The van der Waals surface area contributed by atoms with Gasteiger partial charge in [0, 0.05) is 0 Å². The Kier molecular flexibility index (Phi) is 3.29. The Morgan fingerprint density at radius 1 is 1.64 bits per heavy atom. The van der Waals surface area contributed by atoms with E-state index in [1.807, 2.05) is 0 Å². The largest absolute Gasteiger partial charge is 0.480 e. The maximum absolute atomic E-state index is 10.2. The van der Waals surface area contributed by atoms with Crippen LogP contribution in [0.1, 0.15) is 13.8 Å². The van der Waals surface area contributed by atoms with Gasteiger partial charge in [0.2, 0.25) is 6.10 Å². The van der Waals surface area contributed by atoms with Gasteiger partial charge in [0.1, 0.15) is 0 Å². The van der Waals surface area contributed by atoms with Gasteiger partial charge in [-0.05, 0) is 5.92 Å². The highest BCUT2D eigenvalue weighted by atomic mass is 17.0. The minimum atomic E-state index is -1.37. The number of nitrogens with zero attached hydrogens (tertiary/aromatic N) is 1. The Hall–Kier alpha value is -1.33. The van der Waals surface area contributed by atoms with E-state index >= 15 is 0 Å². The van der Waals surface area contributed by atoms with Crippen molar-refractivity contribution < 1.29 is 19.8 Å². The lowest BCUT2D eigenvalue weighted by Gasteiger charge is -2.12. The quantitative estimate of drug-likeness (QED) is 0.475. The molecule has 0 fully saturated rings. The number of hydrogen-bond acceptors (Lipinski definition) is 4. The van der Waals surface area contributed by atoms with Crippen molar-refractivity contribution >= 4 is 5.97 Å². The molecule has 11 heavy (non-hydrogen) atoms. The van der Waals surface area contributed by atoms with Crippen LogP contribution in [0.5, 0.6) is 0 Å². The molecule has 0 radical (unpaired) electrons. The summed E-state index contributed by atoms with van der Waals surface area (Å²) in [5.74, 6) is -1.74. The van der Waals surface area contributed by atoms with E-state index in [2.05, 4.69) is 4.84 Å². The van der Waals surface area contributed by atoms with Crippen LogP contribution in [0, 0.1) is 16.0 Å². The lowest BCUT2D eigenvalue weighted by molar-refractivity contribution is -0.766. The van der Waals surface area contributed by atoms with Gasteiger partial charge in [-0.1, -0.05) is 13.8 Å². The summed E-state index contributed by atoms with van der Waals surface area (Å²) in [6.07, 6.45) is -1.37. The molecule has 0 amide bonds. The highest BCUT2D eigenvalue weighted by molar-refractivity contribution is 5.72. The number of carbonyl (C=O) groups is 1. The highest BCUT2D eigenvalue weighted by Crippen LogP contribution is 2.06. The molecule has 0 bridgehead atoms. The van der Waals surface area contributed by atoms with Crippen LogP contribution in [-0.4, -0.2) is 22.3 Å². The van der Waals surface area contributed by atoms with Crippen molar-refractivity contribution in [2.45, 2.75) is 20.0 Å². The zero-order valence-corrected chi connectivity index (χ0v) is 6.18. The molecule has 0 aliphatic carbocycles. The Morgan fingerprint density at radius 3 is 2.18 bits per heavy atom. The molecule has 0 aromatic rings. The molecular weight excluding hydrogens is 154 g/mol. The van der Waals surface area contributed by atoms with Crippen molar-refractivity contribution in [3.63, 3.8) is 0 Å². The van der Waals surface area contributed by atoms with Crippen molar-refractivity contribution in [1.29, 1.82) is 0 Å². The summed E-state index contributed by atoms with van der Waals surface area (Å²) >= 11 is 0. The SMILES string of the molecule is CC(C)C(O[N+](=O)[O-])C(=O)O. The average Bonchev–Trinajstić information content (AvgIpc) is 1.81. The van der Waals surface area contributed by atoms with Gasteiger partial charge in [0.25, 0.3) is 5.09 Å². The first-order valence-electron chi connectivity index (χ1n) is 2.99. The lowest BCUT2D eigenvalue weighted by Crippen LogP contribution is -2.31. The summed E-state index contributed by atoms with van der Waals surface area (Å²) < 4.78 is 0. The van der Waals surface area contributed by atoms with Gasteiger partial charge in [0.05, 0.1) is 0 Å². The van der Waals surface area contributed by atoms with Gasteiger partial charge in [-0.15, -0.1) is 10.1 Å². The standard InChI is InChI=1S/C5H9NO5/c1-3(2)4(5(7)8)11-6(9)10/h3-4H,1-2H3,(H,7,8). The molecular formula is C5H9NO5. The summed E-state index contributed by atoms with van der Waals surface area (Å²) in [7, 11) is 0. The summed E-state index contributed by atoms with van der Waals surface area (Å²) in [5.41, 5.74) is 0. The van der Waals surface area contributed by atoms with Crippen LogP contribution in [0.25, 0.3) is 0 Å². The third kappa shape index (κ3) is 3.39. The van der Waals surface area contributed by atoms with Crippen LogP contribution in [0.2, 0.25) is 0 Å². The smallest absolute Gasteiger partial charge is 0.333 e. The Morgan fingerprint density at radius 2 is 2.09 bits per heavy atom. The Balaban J connectivity index is 4.12. The maximum Gasteiger partial charge on any atom is 0.333 e. The van der Waals surface area contributed by atoms with Gasteiger partial charge in [-0.2, -0.15) is 0 Å². The van der Waals surface area contributed by atoms with Crippen LogP contribution in [0.4, 0.5) is 0 Å². The monoisotopic (exact) mass is 163 g/mol. The molecule has 6 heteroatoms. The first kappa shape index (κ1) is 9.67. The molecule has 1 atom stereocenters. The average molecular weight is 163 g/mol. The van der Waals surface area contributed by atoms with Crippen molar-refractivity contribution in [2.24, 2.45) is 5.92 Å². The molecule has 0 aromatic carbocycles. The molecule has 0 spiro atoms. The predicted molar refractivity (Wildman–Crippen MR) is 34.3 cm³/mol. The lowest BCUT2D eigenvalue weighted by atomic mass is 10.1. The fourth-order valence-corrected chi connectivity index (χ4v) is 0.545. The number of carboxylic acid groups (broad SMARTS) is 1. The van der Waals surface area contributed by atoms with Gasteiger partial charge in [-0.3, -0.25) is 4.84 Å². The molecule has 0 saturated carbocycles. The van der Waals surface area contributed by atoms with Crippen LogP contribution < -0.4 is 0 Å². The van der Waals surface area contributed by atoms with E-state index in [4.69, 9.17) is 5.11 Å². The molecule has 0 saturated heterocycles. The van der Waals surface area contributed by atoms with Crippen molar-refractivity contribution in [2.75, 3.05) is 0 Å². The van der Waals surface area contributed by atoms with E-state index in [-0.39, 0.29) is 0 Å². The summed E-state index contributed by atoms with van der Waals surface area (Å²) in [4.78, 5) is 23.9. The molecule has 6 nitrogen and oxygen atoms in total. The predicted octanol–water partition coefficient (Wildman–Crippen LogP) is 0.304. The third-order valence-electron chi connectivity index (χ3n) is 1.05. The number of rotatable bonds is 4. The summed E-state index contributed by atoms with van der Waals surface area (Å²) in [6, 6.07) is 0. The molecule has 64 valence electrons. The van der Waals surface area contributed by atoms with Crippen molar-refractivity contribution in [1.82, 2.24) is 0 Å². The second-order valence-corrected chi connectivity index (χ2v) is 2.33. The zero-order chi connectivity index (χ0) is 9.02. The number of carboxylic acids is 1. The van der Waals surface area contributed by atoms with E-state index in [0.717, 1.165) is 0 Å². The molecule has 0 aliphatic rings. The van der Waals surface area contributed by atoms with Crippen LogP contribution >= 0.6 is 0 Å². The number of aliphatic carboxylic acids is 1. The normalized spacial score (nSPS) is 12.6. The minimum Gasteiger partial charge on any atom is -0.480 e. The number of hydrogen-bond donors (Lipinski definition) is 1. The molecule has 0 heterocycles.